The number of nitrogens with zero attached hydrogens (tertiary/aromatic N) is 2. The molecular formula is C24H28N4O6. The normalized spacial score (nSPS) is 16.5. The number of hydrogen-bond acceptors (Lipinski definition) is 7. The average molecular weight is 469 g/mol. The first-order valence-electron chi connectivity index (χ1n) is 10.8. The first-order valence-corrected chi connectivity index (χ1v) is 10.8. The Labute approximate surface area is 197 Å². The second kappa shape index (κ2) is 9.50. The van der Waals surface area contributed by atoms with Gasteiger partial charge in [0.1, 0.15) is 17.1 Å². The molecule has 0 radical (unpaired) electrons. The van der Waals surface area contributed by atoms with Crippen LogP contribution in [-0.2, 0) is 4.79 Å². The van der Waals surface area contributed by atoms with Crippen LogP contribution in [0.4, 0.5) is 10.5 Å². The summed E-state index contributed by atoms with van der Waals surface area (Å²) in [6, 6.07) is 10.3. The first-order chi connectivity index (χ1) is 16.4. The van der Waals surface area contributed by atoms with E-state index in [2.05, 4.69) is 10.6 Å². The largest absolute Gasteiger partial charge is 0.497 e. The number of methoxy groups -OCH3 is 4. The number of nitrogens with one attached hydrogen (secondary N) is 2. The van der Waals surface area contributed by atoms with E-state index < -0.39 is 5.66 Å². The SMILES string of the molecule is COc1ccc(C2=NC3(CCN(C(=O)Nc4cc(OC)c(OC)c(OC)c4)CC3)NC2=O)cc1. The maximum absolute atomic E-state index is 12.9. The lowest BCUT2D eigenvalue weighted by molar-refractivity contribution is -0.115. The predicted molar refractivity (Wildman–Crippen MR) is 126 cm³/mol. The number of ether oxygens (including phenoxy) is 4. The monoisotopic (exact) mass is 468 g/mol. The van der Waals surface area contributed by atoms with Gasteiger partial charge in [0.05, 0.1) is 34.1 Å². The van der Waals surface area contributed by atoms with E-state index in [0.717, 1.165) is 5.56 Å². The number of hydrogen-bond donors (Lipinski definition) is 2. The highest BCUT2D eigenvalue weighted by Gasteiger charge is 2.43. The molecule has 0 bridgehead atoms. The van der Waals surface area contributed by atoms with Gasteiger partial charge >= 0.3 is 6.03 Å². The fraction of sp³-hybridized carbons (Fsp3) is 0.375. The number of benzene rings is 2. The summed E-state index contributed by atoms with van der Waals surface area (Å²) in [5, 5.41) is 5.90. The molecule has 2 aliphatic rings. The molecule has 2 aliphatic heterocycles. The summed E-state index contributed by atoms with van der Waals surface area (Å²) < 4.78 is 21.2. The van der Waals surface area contributed by atoms with Crippen LogP contribution >= 0.6 is 0 Å². The van der Waals surface area contributed by atoms with Gasteiger partial charge in [-0.3, -0.25) is 9.79 Å². The molecule has 3 amide bonds. The second-order valence-electron chi connectivity index (χ2n) is 8.01. The molecule has 4 rings (SSSR count). The van der Waals surface area contributed by atoms with E-state index in [1.165, 1.54) is 21.3 Å². The van der Waals surface area contributed by atoms with Crippen LogP contribution in [0.1, 0.15) is 18.4 Å². The quantitative estimate of drug-likeness (QED) is 0.675. The summed E-state index contributed by atoms with van der Waals surface area (Å²) in [6.45, 7) is 0.881. The summed E-state index contributed by atoms with van der Waals surface area (Å²) in [6.07, 6.45) is 1.03. The molecule has 1 saturated heterocycles. The van der Waals surface area contributed by atoms with Crippen molar-refractivity contribution in [1.82, 2.24) is 10.2 Å². The molecule has 2 aromatic carbocycles. The van der Waals surface area contributed by atoms with Crippen LogP contribution in [-0.4, -0.2) is 69.7 Å². The van der Waals surface area contributed by atoms with Gasteiger partial charge in [-0.05, 0) is 24.3 Å². The Bertz CT molecular complexity index is 1080. The van der Waals surface area contributed by atoms with Gasteiger partial charge in [0, 0.05) is 43.6 Å². The number of piperidine rings is 1. The Morgan fingerprint density at radius 3 is 2.12 bits per heavy atom. The molecule has 0 saturated carbocycles. The van der Waals surface area contributed by atoms with Gasteiger partial charge in [-0.1, -0.05) is 0 Å². The Kier molecular flexibility index (Phi) is 6.49. The molecule has 10 heteroatoms. The van der Waals surface area contributed by atoms with Crippen LogP contribution < -0.4 is 29.6 Å². The van der Waals surface area contributed by atoms with Gasteiger partial charge in [0.15, 0.2) is 11.5 Å². The van der Waals surface area contributed by atoms with E-state index in [1.807, 2.05) is 12.1 Å². The molecule has 0 aliphatic carbocycles. The van der Waals surface area contributed by atoms with Crippen molar-refractivity contribution in [3.05, 3.63) is 42.0 Å². The van der Waals surface area contributed by atoms with Gasteiger partial charge in [-0.25, -0.2) is 4.79 Å². The lowest BCUT2D eigenvalue weighted by atomic mass is 9.98. The number of carbonyl (C=O) groups excluding carboxylic acids is 2. The van der Waals surface area contributed by atoms with Crippen molar-refractivity contribution in [2.45, 2.75) is 18.5 Å². The maximum Gasteiger partial charge on any atom is 0.321 e. The van der Waals surface area contributed by atoms with Crippen LogP contribution in [0.3, 0.4) is 0 Å². The van der Waals surface area contributed by atoms with Crippen LogP contribution in [0.15, 0.2) is 41.4 Å². The summed E-state index contributed by atoms with van der Waals surface area (Å²) >= 11 is 0. The molecular weight excluding hydrogens is 440 g/mol. The van der Waals surface area contributed by atoms with Crippen molar-refractivity contribution < 1.29 is 28.5 Å². The fourth-order valence-corrected chi connectivity index (χ4v) is 4.18. The number of likely N-dealkylation sites (tertiary alicyclic amines) is 1. The summed E-state index contributed by atoms with van der Waals surface area (Å²) in [5.41, 5.74) is 0.958. The highest BCUT2D eigenvalue weighted by molar-refractivity contribution is 6.46. The zero-order chi connectivity index (χ0) is 24.3. The van der Waals surface area contributed by atoms with Crippen LogP contribution in [0.2, 0.25) is 0 Å². The topological polar surface area (TPSA) is 111 Å². The average Bonchev–Trinajstić information content (AvgIpc) is 3.18. The molecule has 34 heavy (non-hydrogen) atoms. The van der Waals surface area contributed by atoms with Crippen LogP contribution in [0.25, 0.3) is 0 Å². The zero-order valence-corrected chi connectivity index (χ0v) is 19.6. The third-order valence-corrected chi connectivity index (χ3v) is 6.04. The third kappa shape index (κ3) is 4.43. The minimum absolute atomic E-state index is 0.208. The van der Waals surface area contributed by atoms with E-state index >= 15 is 0 Å². The van der Waals surface area contributed by atoms with Crippen LogP contribution in [0, 0.1) is 0 Å². The number of carbonyl (C=O) groups is 2. The van der Waals surface area contributed by atoms with Gasteiger partial charge < -0.3 is 34.5 Å². The van der Waals surface area contributed by atoms with Crippen molar-refractivity contribution >= 4 is 23.3 Å². The molecule has 2 aromatic rings. The minimum Gasteiger partial charge on any atom is -0.497 e. The molecule has 180 valence electrons. The molecule has 0 aromatic heterocycles. The van der Waals surface area contributed by atoms with Crippen molar-refractivity contribution in [2.24, 2.45) is 4.99 Å². The molecule has 0 unspecified atom stereocenters. The number of urea groups is 1. The number of amides is 3. The molecule has 1 fully saturated rings. The zero-order valence-electron chi connectivity index (χ0n) is 19.6. The lowest BCUT2D eigenvalue weighted by Crippen LogP contribution is -2.53. The van der Waals surface area contributed by atoms with Gasteiger partial charge in [0.2, 0.25) is 5.75 Å². The molecule has 2 N–H and O–H groups in total. The van der Waals surface area contributed by atoms with Gasteiger partial charge in [-0.15, -0.1) is 0 Å². The predicted octanol–water partition coefficient (Wildman–Crippen LogP) is 2.66. The molecule has 1 spiro atoms. The van der Waals surface area contributed by atoms with Gasteiger partial charge in [-0.2, -0.15) is 0 Å². The standard InChI is InChI=1S/C24H28N4O6/c1-31-17-7-5-15(6-8-17)20-22(29)27-24(26-20)9-11-28(12-10-24)23(30)25-16-13-18(32-2)21(34-4)19(14-16)33-3/h5-8,13-14H,9-12H2,1-4H3,(H,25,30)(H,27,29). The van der Waals surface area contributed by atoms with Gasteiger partial charge in [0.25, 0.3) is 5.91 Å². The Hall–Kier alpha value is -3.95. The lowest BCUT2D eigenvalue weighted by Gasteiger charge is -2.37. The Morgan fingerprint density at radius 2 is 1.59 bits per heavy atom. The first kappa shape index (κ1) is 23.2. The number of rotatable bonds is 6. The maximum atomic E-state index is 12.9. The minimum atomic E-state index is -0.699. The smallest absolute Gasteiger partial charge is 0.321 e. The van der Waals surface area contributed by atoms with E-state index in [9.17, 15) is 9.59 Å². The third-order valence-electron chi connectivity index (χ3n) is 6.04. The highest BCUT2D eigenvalue weighted by atomic mass is 16.5. The fourth-order valence-electron chi connectivity index (χ4n) is 4.18. The molecule has 0 atom stereocenters. The summed E-state index contributed by atoms with van der Waals surface area (Å²) in [7, 11) is 6.15. The molecule has 10 nitrogen and oxygen atoms in total. The van der Waals surface area contributed by atoms with E-state index in [0.29, 0.717) is 60.3 Å². The van der Waals surface area contributed by atoms with Crippen LogP contribution in [0.5, 0.6) is 23.0 Å². The number of anilines is 1. The van der Waals surface area contributed by atoms with E-state index in [4.69, 9.17) is 23.9 Å². The molecule has 2 heterocycles. The van der Waals surface area contributed by atoms with Crippen molar-refractivity contribution in [1.29, 1.82) is 0 Å². The second-order valence-corrected chi connectivity index (χ2v) is 8.01. The summed E-state index contributed by atoms with van der Waals surface area (Å²) in [5.74, 6) is 1.85. The Balaban J connectivity index is 1.43. The van der Waals surface area contributed by atoms with Crippen molar-refractivity contribution in [3.8, 4) is 23.0 Å². The number of aliphatic imine (C=N–C) groups is 1. The Morgan fingerprint density at radius 1 is 0.971 bits per heavy atom. The van der Waals surface area contributed by atoms with Crippen molar-refractivity contribution in [3.63, 3.8) is 0 Å². The highest BCUT2D eigenvalue weighted by Crippen LogP contribution is 2.40. The van der Waals surface area contributed by atoms with Crippen molar-refractivity contribution in [2.75, 3.05) is 46.8 Å². The summed E-state index contributed by atoms with van der Waals surface area (Å²) in [4.78, 5) is 32.0. The van der Waals surface area contributed by atoms with E-state index in [-0.39, 0.29) is 11.9 Å². The van der Waals surface area contributed by atoms with E-state index in [1.54, 1.807) is 36.3 Å².